The van der Waals surface area contributed by atoms with Crippen LogP contribution in [-0.4, -0.2) is 18.6 Å². The number of rotatable bonds is 7. The maximum Gasteiger partial charge on any atom is 0.0398 e. The Balaban J connectivity index is 2.08. The minimum atomic E-state index is 0.544. The molecule has 106 valence electrons. The molecule has 1 aromatic carbocycles. The van der Waals surface area contributed by atoms with Crippen LogP contribution >= 0.6 is 0 Å². The van der Waals surface area contributed by atoms with Gasteiger partial charge in [-0.2, -0.15) is 0 Å². The van der Waals surface area contributed by atoms with Gasteiger partial charge in [-0.05, 0) is 43.4 Å². The quantitative estimate of drug-likeness (QED) is 0.800. The van der Waals surface area contributed by atoms with Crippen molar-refractivity contribution in [2.75, 3.05) is 11.4 Å². The van der Waals surface area contributed by atoms with Crippen molar-refractivity contribution in [2.24, 2.45) is 0 Å². The number of anilines is 1. The van der Waals surface area contributed by atoms with Crippen molar-refractivity contribution in [1.82, 2.24) is 5.32 Å². The molecule has 0 radical (unpaired) electrons. The Kier molecular flexibility index (Phi) is 4.87. The summed E-state index contributed by atoms with van der Waals surface area (Å²) >= 11 is 0. The lowest BCUT2D eigenvalue weighted by atomic mass is 10.1. The highest BCUT2D eigenvalue weighted by atomic mass is 15.2. The first-order chi connectivity index (χ1) is 9.11. The number of hydrogen-bond donors (Lipinski definition) is 1. The van der Waals surface area contributed by atoms with E-state index < -0.39 is 0 Å². The Labute approximate surface area is 118 Å². The molecular formula is C17H28N2. The lowest BCUT2D eigenvalue weighted by Gasteiger charge is -2.26. The Hall–Kier alpha value is -1.02. The largest absolute Gasteiger partial charge is 0.368 e. The fourth-order valence-corrected chi connectivity index (χ4v) is 2.60. The maximum absolute atomic E-state index is 3.48. The van der Waals surface area contributed by atoms with Crippen LogP contribution in [0.1, 0.15) is 51.2 Å². The number of benzene rings is 1. The van der Waals surface area contributed by atoms with Crippen LogP contribution in [0, 0.1) is 6.92 Å². The molecule has 1 saturated carbocycles. The fourth-order valence-electron chi connectivity index (χ4n) is 2.60. The highest BCUT2D eigenvalue weighted by Crippen LogP contribution is 2.33. The Bertz CT molecular complexity index is 408. The monoisotopic (exact) mass is 260 g/mol. The smallest absolute Gasteiger partial charge is 0.0398 e. The molecule has 0 aromatic heterocycles. The molecule has 1 aliphatic carbocycles. The van der Waals surface area contributed by atoms with E-state index in [-0.39, 0.29) is 0 Å². The number of nitrogens with zero attached hydrogens (tertiary/aromatic N) is 1. The van der Waals surface area contributed by atoms with Crippen molar-refractivity contribution in [2.45, 2.75) is 65.6 Å². The Morgan fingerprint density at radius 1 is 1.32 bits per heavy atom. The maximum atomic E-state index is 3.48. The van der Waals surface area contributed by atoms with Gasteiger partial charge in [0.25, 0.3) is 0 Å². The molecule has 2 heteroatoms. The second kappa shape index (κ2) is 6.42. The highest BCUT2D eigenvalue weighted by Gasteiger charge is 2.29. The van der Waals surface area contributed by atoms with Gasteiger partial charge in [-0.15, -0.1) is 0 Å². The highest BCUT2D eigenvalue weighted by molar-refractivity contribution is 5.56. The summed E-state index contributed by atoms with van der Waals surface area (Å²) in [5.41, 5.74) is 4.25. The summed E-state index contributed by atoms with van der Waals surface area (Å²) in [5, 5.41) is 3.48. The van der Waals surface area contributed by atoms with E-state index in [1.165, 1.54) is 42.6 Å². The second-order valence-corrected chi connectivity index (χ2v) is 6.08. The van der Waals surface area contributed by atoms with Crippen molar-refractivity contribution in [3.05, 3.63) is 29.3 Å². The Morgan fingerprint density at radius 3 is 2.58 bits per heavy atom. The van der Waals surface area contributed by atoms with Crippen molar-refractivity contribution >= 4 is 5.69 Å². The Morgan fingerprint density at radius 2 is 2.05 bits per heavy atom. The molecular weight excluding hydrogens is 232 g/mol. The van der Waals surface area contributed by atoms with Gasteiger partial charge in [0.2, 0.25) is 0 Å². The number of hydrogen-bond acceptors (Lipinski definition) is 2. The van der Waals surface area contributed by atoms with E-state index in [9.17, 15) is 0 Å². The first kappa shape index (κ1) is 14.4. The van der Waals surface area contributed by atoms with Crippen molar-refractivity contribution < 1.29 is 0 Å². The van der Waals surface area contributed by atoms with E-state index in [4.69, 9.17) is 0 Å². The van der Waals surface area contributed by atoms with Gasteiger partial charge >= 0.3 is 0 Å². The van der Waals surface area contributed by atoms with Crippen LogP contribution in [0.2, 0.25) is 0 Å². The molecule has 2 rings (SSSR count). The molecule has 0 bridgehead atoms. The van der Waals surface area contributed by atoms with Crippen LogP contribution in [0.5, 0.6) is 0 Å². The SMILES string of the molecule is CCCN(c1ccc(CNC(C)C)cc1C)C1CC1. The lowest BCUT2D eigenvalue weighted by molar-refractivity contribution is 0.588. The van der Waals surface area contributed by atoms with E-state index in [0.29, 0.717) is 6.04 Å². The van der Waals surface area contributed by atoms with Gasteiger partial charge < -0.3 is 10.2 Å². The summed E-state index contributed by atoms with van der Waals surface area (Å²) in [5.74, 6) is 0. The van der Waals surface area contributed by atoms with Crippen molar-refractivity contribution in [3.8, 4) is 0 Å². The summed E-state index contributed by atoms with van der Waals surface area (Å²) < 4.78 is 0. The summed E-state index contributed by atoms with van der Waals surface area (Å²) in [6.07, 6.45) is 3.97. The number of nitrogens with one attached hydrogen (secondary N) is 1. The zero-order chi connectivity index (χ0) is 13.8. The molecule has 0 heterocycles. The first-order valence-corrected chi connectivity index (χ1v) is 7.71. The summed E-state index contributed by atoms with van der Waals surface area (Å²) in [6.45, 7) is 11.1. The van der Waals surface area contributed by atoms with Crippen LogP contribution in [-0.2, 0) is 6.54 Å². The fraction of sp³-hybridized carbons (Fsp3) is 0.647. The topological polar surface area (TPSA) is 15.3 Å². The molecule has 2 nitrogen and oxygen atoms in total. The molecule has 1 N–H and O–H groups in total. The van der Waals surface area contributed by atoms with Gasteiger partial charge in [0, 0.05) is 30.9 Å². The van der Waals surface area contributed by atoms with Gasteiger partial charge in [-0.1, -0.05) is 32.9 Å². The second-order valence-electron chi connectivity index (χ2n) is 6.08. The van der Waals surface area contributed by atoms with E-state index >= 15 is 0 Å². The van der Waals surface area contributed by atoms with Crippen molar-refractivity contribution in [3.63, 3.8) is 0 Å². The summed E-state index contributed by atoms with van der Waals surface area (Å²) in [4.78, 5) is 2.61. The molecule has 0 amide bonds. The predicted molar refractivity (Wildman–Crippen MR) is 83.8 cm³/mol. The third-order valence-electron chi connectivity index (χ3n) is 3.74. The van der Waals surface area contributed by atoms with Gasteiger partial charge in [-0.3, -0.25) is 0 Å². The van der Waals surface area contributed by atoms with E-state index in [1.54, 1.807) is 0 Å². The average Bonchev–Trinajstić information content (AvgIpc) is 3.18. The summed E-state index contributed by atoms with van der Waals surface area (Å²) in [7, 11) is 0. The van der Waals surface area contributed by atoms with E-state index in [0.717, 1.165) is 12.6 Å². The minimum absolute atomic E-state index is 0.544. The predicted octanol–water partition coefficient (Wildman–Crippen LogP) is 3.87. The van der Waals surface area contributed by atoms with Crippen LogP contribution in [0.3, 0.4) is 0 Å². The van der Waals surface area contributed by atoms with E-state index in [2.05, 4.69) is 56.1 Å². The van der Waals surface area contributed by atoms with Gasteiger partial charge in [0.05, 0.1) is 0 Å². The molecule has 1 aromatic rings. The summed E-state index contributed by atoms with van der Waals surface area (Å²) in [6, 6.07) is 8.29. The zero-order valence-electron chi connectivity index (χ0n) is 12.9. The molecule has 1 aliphatic rings. The van der Waals surface area contributed by atoms with Crippen molar-refractivity contribution in [1.29, 1.82) is 0 Å². The van der Waals surface area contributed by atoms with Gasteiger partial charge in [0.15, 0.2) is 0 Å². The van der Waals surface area contributed by atoms with Crippen LogP contribution in [0.25, 0.3) is 0 Å². The van der Waals surface area contributed by atoms with Gasteiger partial charge in [0.1, 0.15) is 0 Å². The molecule has 0 aliphatic heterocycles. The van der Waals surface area contributed by atoms with Gasteiger partial charge in [-0.25, -0.2) is 0 Å². The van der Waals surface area contributed by atoms with Crippen LogP contribution < -0.4 is 10.2 Å². The standard InChI is InChI=1S/C17H28N2/c1-5-10-19(16-7-8-16)17-9-6-15(11-14(17)4)12-18-13(2)3/h6,9,11,13,16,18H,5,7-8,10,12H2,1-4H3. The third kappa shape index (κ3) is 3.97. The normalized spacial score (nSPS) is 15.0. The molecule has 0 unspecified atom stereocenters. The van der Waals surface area contributed by atoms with E-state index in [1.807, 2.05) is 0 Å². The minimum Gasteiger partial charge on any atom is -0.368 e. The number of aryl methyl sites for hydroxylation is 1. The zero-order valence-corrected chi connectivity index (χ0v) is 12.9. The molecule has 0 saturated heterocycles. The molecule has 1 fully saturated rings. The van der Waals surface area contributed by atoms with Crippen LogP contribution in [0.15, 0.2) is 18.2 Å². The molecule has 0 spiro atoms. The lowest BCUT2D eigenvalue weighted by Crippen LogP contribution is -2.27. The first-order valence-electron chi connectivity index (χ1n) is 7.71. The van der Waals surface area contributed by atoms with Crippen LogP contribution in [0.4, 0.5) is 5.69 Å². The molecule has 0 atom stereocenters. The molecule has 19 heavy (non-hydrogen) atoms. The average molecular weight is 260 g/mol. The third-order valence-corrected chi connectivity index (χ3v) is 3.74.